The third-order valence-electron chi connectivity index (χ3n) is 4.82. The molecule has 2 aromatic rings. The minimum Gasteiger partial charge on any atom is -0.491 e. The Morgan fingerprint density at radius 3 is 2.48 bits per heavy atom. The predicted octanol–water partition coefficient (Wildman–Crippen LogP) is 3.91. The van der Waals surface area contributed by atoms with Gasteiger partial charge in [-0.3, -0.25) is 9.69 Å². The minimum atomic E-state index is -1.28. The van der Waals surface area contributed by atoms with Gasteiger partial charge in [-0.2, -0.15) is 0 Å². The maximum absolute atomic E-state index is 14.5. The summed E-state index contributed by atoms with van der Waals surface area (Å²) < 4.78 is 46.9. The largest absolute Gasteiger partial charge is 0.491 e. The lowest BCUT2D eigenvalue weighted by Gasteiger charge is -2.27. The predicted molar refractivity (Wildman–Crippen MR) is 94.8 cm³/mol. The number of nitrogens with zero attached hydrogens (tertiary/aromatic N) is 1. The average Bonchev–Trinajstić information content (AvgIpc) is 3.19. The van der Waals surface area contributed by atoms with Crippen molar-refractivity contribution >= 4 is 23.0 Å². The maximum Gasteiger partial charge on any atom is 0.294 e. The van der Waals surface area contributed by atoms with Gasteiger partial charge < -0.3 is 15.4 Å². The molecular weight excluding hydrogens is 359 g/mol. The van der Waals surface area contributed by atoms with Crippen molar-refractivity contribution in [3.05, 3.63) is 64.7 Å². The lowest BCUT2D eigenvalue weighted by molar-refractivity contribution is -0.117. The molecule has 8 heteroatoms. The normalized spacial score (nSPS) is 18.5. The Bertz CT molecular complexity index is 990. The van der Waals surface area contributed by atoms with E-state index in [9.17, 15) is 18.0 Å². The molecule has 2 aliphatic heterocycles. The number of carbonyl (C=O) groups is 1. The number of methoxy groups -OCH3 is 1. The van der Waals surface area contributed by atoms with Crippen LogP contribution in [0.25, 0.3) is 0 Å². The standard InChI is InChI=1S/C19H16F3N3O2/c1-9-17(11-6-13(21)14(22)7-12(11)20)25(19(26)18(9)27-2)10-3-4-15-16(5-10)24-8-23-15/h3-7,17,23-24H,8H2,1-2H3. The van der Waals surface area contributed by atoms with E-state index < -0.39 is 29.4 Å². The van der Waals surface area contributed by atoms with Gasteiger partial charge in [-0.25, -0.2) is 13.2 Å². The van der Waals surface area contributed by atoms with E-state index in [-0.39, 0.29) is 11.3 Å². The van der Waals surface area contributed by atoms with E-state index in [1.807, 2.05) is 0 Å². The van der Waals surface area contributed by atoms with Crippen LogP contribution in [0.4, 0.5) is 30.2 Å². The number of carbonyl (C=O) groups excluding carboxylic acids is 1. The van der Waals surface area contributed by atoms with E-state index in [4.69, 9.17) is 4.74 Å². The van der Waals surface area contributed by atoms with Crippen molar-refractivity contribution in [3.63, 3.8) is 0 Å². The van der Waals surface area contributed by atoms with Gasteiger partial charge in [0, 0.05) is 22.9 Å². The molecule has 0 fully saturated rings. The summed E-state index contributed by atoms with van der Waals surface area (Å²) in [6.07, 6.45) is 0. The topological polar surface area (TPSA) is 53.6 Å². The summed E-state index contributed by atoms with van der Waals surface area (Å²) in [4.78, 5) is 14.2. The van der Waals surface area contributed by atoms with E-state index in [0.717, 1.165) is 17.4 Å². The van der Waals surface area contributed by atoms with Gasteiger partial charge in [-0.05, 0) is 31.2 Å². The Morgan fingerprint density at radius 1 is 1.04 bits per heavy atom. The van der Waals surface area contributed by atoms with Crippen LogP contribution >= 0.6 is 0 Å². The van der Waals surface area contributed by atoms with Crippen LogP contribution in [-0.4, -0.2) is 19.7 Å². The molecule has 0 radical (unpaired) electrons. The summed E-state index contributed by atoms with van der Waals surface area (Å²) in [7, 11) is 1.34. The number of fused-ring (bicyclic) bond motifs is 1. The van der Waals surface area contributed by atoms with E-state index in [1.54, 1.807) is 25.1 Å². The monoisotopic (exact) mass is 375 g/mol. The Hall–Kier alpha value is -3.16. The van der Waals surface area contributed by atoms with Gasteiger partial charge in [0.15, 0.2) is 17.4 Å². The second-order valence-corrected chi connectivity index (χ2v) is 6.34. The summed E-state index contributed by atoms with van der Waals surface area (Å²) in [5.41, 5.74) is 2.42. The highest BCUT2D eigenvalue weighted by Crippen LogP contribution is 2.44. The van der Waals surface area contributed by atoms with E-state index in [1.165, 1.54) is 12.0 Å². The number of ether oxygens (including phenoxy) is 1. The second kappa shape index (κ2) is 6.22. The number of anilines is 3. The number of hydrogen-bond donors (Lipinski definition) is 2. The van der Waals surface area contributed by atoms with Gasteiger partial charge in [-0.15, -0.1) is 0 Å². The lowest BCUT2D eigenvalue weighted by atomic mass is 9.99. The maximum atomic E-state index is 14.5. The lowest BCUT2D eigenvalue weighted by Crippen LogP contribution is -2.31. The molecule has 5 nitrogen and oxygen atoms in total. The first-order chi connectivity index (χ1) is 12.9. The molecule has 1 unspecified atom stereocenters. The van der Waals surface area contributed by atoms with Crippen LogP contribution in [0.3, 0.4) is 0 Å². The van der Waals surface area contributed by atoms with Gasteiger partial charge in [0.05, 0.1) is 31.2 Å². The molecular formula is C19H16F3N3O2. The van der Waals surface area contributed by atoms with Gasteiger partial charge >= 0.3 is 0 Å². The fourth-order valence-corrected chi connectivity index (χ4v) is 3.56. The Morgan fingerprint density at radius 2 is 1.74 bits per heavy atom. The molecule has 2 aliphatic rings. The zero-order chi connectivity index (χ0) is 19.3. The number of benzene rings is 2. The molecule has 2 aromatic carbocycles. The molecule has 0 saturated carbocycles. The summed E-state index contributed by atoms with van der Waals surface area (Å²) in [5, 5.41) is 6.24. The van der Waals surface area contributed by atoms with E-state index >= 15 is 0 Å². The Labute approximate surface area is 153 Å². The number of amides is 1. The van der Waals surface area contributed by atoms with E-state index in [2.05, 4.69) is 10.6 Å². The summed E-state index contributed by atoms with van der Waals surface area (Å²) in [5.74, 6) is -3.83. The SMILES string of the molecule is COC1=C(C)C(c2cc(F)c(F)cc2F)N(c2ccc3c(c2)NCN3)C1=O. The van der Waals surface area contributed by atoms with Gasteiger partial charge in [0.2, 0.25) is 0 Å². The first-order valence-electron chi connectivity index (χ1n) is 8.27. The zero-order valence-corrected chi connectivity index (χ0v) is 14.6. The zero-order valence-electron chi connectivity index (χ0n) is 14.6. The third kappa shape index (κ3) is 2.59. The second-order valence-electron chi connectivity index (χ2n) is 6.34. The number of halogens is 3. The molecule has 0 aromatic heterocycles. The highest BCUT2D eigenvalue weighted by Gasteiger charge is 2.42. The molecule has 1 atom stereocenters. The number of hydrogen-bond acceptors (Lipinski definition) is 4. The van der Waals surface area contributed by atoms with Crippen LogP contribution in [0, 0.1) is 17.5 Å². The summed E-state index contributed by atoms with van der Waals surface area (Å²) in [6.45, 7) is 2.16. The number of nitrogens with one attached hydrogen (secondary N) is 2. The van der Waals surface area contributed by atoms with Crippen LogP contribution in [0.5, 0.6) is 0 Å². The molecule has 0 bridgehead atoms. The highest BCUT2D eigenvalue weighted by molar-refractivity contribution is 6.09. The number of rotatable bonds is 3. The molecule has 1 amide bonds. The molecule has 0 spiro atoms. The minimum absolute atomic E-state index is 0.0516. The Kier molecular flexibility index (Phi) is 3.98. The van der Waals surface area contributed by atoms with Crippen LogP contribution in [0.2, 0.25) is 0 Å². The van der Waals surface area contributed by atoms with Crippen LogP contribution < -0.4 is 15.5 Å². The first kappa shape index (κ1) is 17.3. The molecule has 4 rings (SSSR count). The van der Waals surface area contributed by atoms with Crippen molar-refractivity contribution in [2.75, 3.05) is 29.3 Å². The molecule has 2 heterocycles. The molecule has 0 saturated heterocycles. The average molecular weight is 375 g/mol. The fourth-order valence-electron chi connectivity index (χ4n) is 3.56. The smallest absolute Gasteiger partial charge is 0.294 e. The van der Waals surface area contributed by atoms with Crippen molar-refractivity contribution in [1.29, 1.82) is 0 Å². The van der Waals surface area contributed by atoms with Crippen molar-refractivity contribution in [2.24, 2.45) is 0 Å². The van der Waals surface area contributed by atoms with Gasteiger partial charge in [0.25, 0.3) is 5.91 Å². The van der Waals surface area contributed by atoms with Crippen molar-refractivity contribution in [3.8, 4) is 0 Å². The third-order valence-corrected chi connectivity index (χ3v) is 4.82. The van der Waals surface area contributed by atoms with Crippen molar-refractivity contribution < 1.29 is 22.7 Å². The first-order valence-corrected chi connectivity index (χ1v) is 8.27. The quantitative estimate of drug-likeness (QED) is 0.799. The summed E-state index contributed by atoms with van der Waals surface area (Å²) in [6, 6.07) is 5.55. The molecule has 27 heavy (non-hydrogen) atoms. The fraction of sp³-hybridized carbons (Fsp3) is 0.211. The van der Waals surface area contributed by atoms with Crippen molar-refractivity contribution in [1.82, 2.24) is 0 Å². The highest BCUT2D eigenvalue weighted by atomic mass is 19.2. The Balaban J connectivity index is 1.87. The van der Waals surface area contributed by atoms with Crippen LogP contribution in [-0.2, 0) is 9.53 Å². The van der Waals surface area contributed by atoms with Crippen molar-refractivity contribution in [2.45, 2.75) is 13.0 Å². The summed E-state index contributed by atoms with van der Waals surface area (Å²) >= 11 is 0. The van der Waals surface area contributed by atoms with Gasteiger partial charge in [-0.1, -0.05) is 0 Å². The molecule has 0 aliphatic carbocycles. The van der Waals surface area contributed by atoms with Gasteiger partial charge in [0.1, 0.15) is 5.82 Å². The van der Waals surface area contributed by atoms with Crippen LogP contribution in [0.15, 0.2) is 41.7 Å². The molecule has 2 N–H and O–H groups in total. The van der Waals surface area contributed by atoms with Crippen LogP contribution in [0.1, 0.15) is 18.5 Å². The van der Waals surface area contributed by atoms with E-state index in [0.29, 0.717) is 24.0 Å². The molecule has 140 valence electrons.